The molecular weight excluding hydrogens is 210 g/mol. The lowest BCUT2D eigenvalue weighted by atomic mass is 10.1. The topological polar surface area (TPSA) is 28.2 Å². The second-order valence-electron chi connectivity index (χ2n) is 5.31. The maximum absolute atomic E-state index is 4.40. The molecule has 0 aromatic carbocycles. The van der Waals surface area contributed by atoms with Crippen LogP contribution in [0.3, 0.4) is 0 Å². The molecule has 0 saturated carbocycles. The van der Waals surface area contributed by atoms with Crippen LogP contribution >= 0.6 is 0 Å². The van der Waals surface area contributed by atoms with Crippen LogP contribution in [-0.4, -0.2) is 30.7 Å². The summed E-state index contributed by atoms with van der Waals surface area (Å²) in [6, 6.07) is 4.90. The molecule has 2 unspecified atom stereocenters. The maximum Gasteiger partial charge on any atom is 0.0553 e. The molecule has 1 aromatic heterocycles. The minimum Gasteiger partial charge on any atom is -0.370 e. The van der Waals surface area contributed by atoms with Gasteiger partial charge in [-0.2, -0.15) is 0 Å². The van der Waals surface area contributed by atoms with Crippen molar-refractivity contribution in [2.24, 2.45) is 5.92 Å². The van der Waals surface area contributed by atoms with Crippen LogP contribution in [0.4, 0.5) is 5.69 Å². The lowest BCUT2D eigenvalue weighted by Crippen LogP contribution is -2.42. The molecule has 2 rings (SSSR count). The summed E-state index contributed by atoms with van der Waals surface area (Å²) < 4.78 is 0. The minimum atomic E-state index is 0.610. The lowest BCUT2D eigenvalue weighted by molar-refractivity contribution is 0.411. The van der Waals surface area contributed by atoms with Crippen molar-refractivity contribution >= 4 is 5.69 Å². The number of hydrogen-bond acceptors (Lipinski definition) is 3. The van der Waals surface area contributed by atoms with E-state index in [-0.39, 0.29) is 0 Å². The molecule has 0 spiro atoms. The number of aryl methyl sites for hydroxylation is 1. The molecule has 94 valence electrons. The number of pyridine rings is 1. The Kier molecular flexibility index (Phi) is 4.00. The predicted molar refractivity (Wildman–Crippen MR) is 72.4 cm³/mol. The molecule has 1 saturated heterocycles. The van der Waals surface area contributed by atoms with Crippen molar-refractivity contribution in [3.8, 4) is 0 Å². The third-order valence-corrected chi connectivity index (χ3v) is 3.44. The van der Waals surface area contributed by atoms with Gasteiger partial charge in [0, 0.05) is 24.8 Å². The molecule has 1 aromatic rings. The van der Waals surface area contributed by atoms with E-state index in [0.29, 0.717) is 12.0 Å². The fraction of sp³-hybridized carbons (Fsp3) is 0.643. The SMILES string of the molecule is Cc1ccc(N2CCC(C)NCC(C)C2)cn1. The smallest absolute Gasteiger partial charge is 0.0553 e. The number of nitrogens with one attached hydrogen (secondary N) is 1. The molecule has 1 fully saturated rings. The van der Waals surface area contributed by atoms with E-state index in [9.17, 15) is 0 Å². The van der Waals surface area contributed by atoms with Crippen LogP contribution in [0.15, 0.2) is 18.3 Å². The van der Waals surface area contributed by atoms with Crippen molar-refractivity contribution in [3.63, 3.8) is 0 Å². The maximum atomic E-state index is 4.40. The van der Waals surface area contributed by atoms with Gasteiger partial charge < -0.3 is 10.2 Å². The van der Waals surface area contributed by atoms with Crippen molar-refractivity contribution in [1.82, 2.24) is 10.3 Å². The van der Waals surface area contributed by atoms with E-state index in [0.717, 1.165) is 25.3 Å². The molecule has 0 aliphatic carbocycles. The van der Waals surface area contributed by atoms with Crippen molar-refractivity contribution in [3.05, 3.63) is 24.0 Å². The van der Waals surface area contributed by atoms with Crippen LogP contribution in [0.5, 0.6) is 0 Å². The highest BCUT2D eigenvalue weighted by Gasteiger charge is 2.16. The highest BCUT2D eigenvalue weighted by atomic mass is 15.1. The second-order valence-corrected chi connectivity index (χ2v) is 5.31. The molecule has 3 heteroatoms. The Labute approximate surface area is 104 Å². The zero-order valence-corrected chi connectivity index (χ0v) is 11.1. The molecule has 3 nitrogen and oxygen atoms in total. The minimum absolute atomic E-state index is 0.610. The van der Waals surface area contributed by atoms with Crippen LogP contribution in [0, 0.1) is 12.8 Å². The van der Waals surface area contributed by atoms with Gasteiger partial charge >= 0.3 is 0 Å². The van der Waals surface area contributed by atoms with Crippen LogP contribution in [0.1, 0.15) is 26.0 Å². The Morgan fingerprint density at radius 2 is 2.18 bits per heavy atom. The summed E-state index contributed by atoms with van der Waals surface area (Å²) in [6.07, 6.45) is 3.20. The van der Waals surface area contributed by atoms with E-state index < -0.39 is 0 Å². The summed E-state index contributed by atoms with van der Waals surface area (Å²) in [5, 5.41) is 3.57. The molecule has 1 aliphatic heterocycles. The predicted octanol–water partition coefficient (Wildman–Crippen LogP) is 2.21. The summed E-state index contributed by atoms with van der Waals surface area (Å²) in [5.41, 5.74) is 2.35. The molecule has 0 amide bonds. The van der Waals surface area contributed by atoms with Gasteiger partial charge in [-0.25, -0.2) is 0 Å². The summed E-state index contributed by atoms with van der Waals surface area (Å²) >= 11 is 0. The highest BCUT2D eigenvalue weighted by Crippen LogP contribution is 2.17. The van der Waals surface area contributed by atoms with Gasteiger partial charge in [-0.15, -0.1) is 0 Å². The van der Waals surface area contributed by atoms with Gasteiger partial charge in [-0.1, -0.05) is 6.92 Å². The number of anilines is 1. The fourth-order valence-electron chi connectivity index (χ4n) is 2.27. The van der Waals surface area contributed by atoms with Crippen LogP contribution in [0.2, 0.25) is 0 Å². The van der Waals surface area contributed by atoms with Crippen molar-refractivity contribution in [1.29, 1.82) is 0 Å². The molecule has 0 bridgehead atoms. The number of rotatable bonds is 1. The van der Waals surface area contributed by atoms with E-state index in [1.54, 1.807) is 0 Å². The van der Waals surface area contributed by atoms with Gasteiger partial charge in [0.15, 0.2) is 0 Å². The molecule has 2 atom stereocenters. The van der Waals surface area contributed by atoms with Crippen molar-refractivity contribution in [2.45, 2.75) is 33.2 Å². The summed E-state index contributed by atoms with van der Waals surface area (Å²) in [7, 11) is 0. The summed E-state index contributed by atoms with van der Waals surface area (Å²) in [6.45, 7) is 9.94. The van der Waals surface area contributed by atoms with Gasteiger partial charge in [-0.3, -0.25) is 4.98 Å². The Morgan fingerprint density at radius 1 is 1.35 bits per heavy atom. The normalized spacial score (nSPS) is 26.4. The fourth-order valence-corrected chi connectivity index (χ4v) is 2.27. The van der Waals surface area contributed by atoms with Gasteiger partial charge in [-0.05, 0) is 44.9 Å². The standard InChI is InChI=1S/C14H23N3/c1-11-8-15-13(3)6-7-17(10-11)14-5-4-12(2)16-9-14/h4-5,9,11,13,15H,6-8,10H2,1-3H3. The van der Waals surface area contributed by atoms with E-state index in [1.165, 1.54) is 12.1 Å². The first-order valence-corrected chi connectivity index (χ1v) is 6.56. The summed E-state index contributed by atoms with van der Waals surface area (Å²) in [4.78, 5) is 6.86. The van der Waals surface area contributed by atoms with E-state index >= 15 is 0 Å². The average Bonchev–Trinajstić information content (AvgIpc) is 2.31. The molecular formula is C14H23N3. The first-order valence-electron chi connectivity index (χ1n) is 6.56. The lowest BCUT2D eigenvalue weighted by Gasteiger charge is -2.32. The Bertz CT molecular complexity index is 347. The van der Waals surface area contributed by atoms with Crippen LogP contribution in [0.25, 0.3) is 0 Å². The monoisotopic (exact) mass is 233 g/mol. The Balaban J connectivity index is 2.09. The molecule has 17 heavy (non-hydrogen) atoms. The molecule has 2 heterocycles. The molecule has 1 N–H and O–H groups in total. The first kappa shape index (κ1) is 12.4. The second kappa shape index (κ2) is 5.50. The Hall–Kier alpha value is -1.09. The van der Waals surface area contributed by atoms with Crippen molar-refractivity contribution < 1.29 is 0 Å². The van der Waals surface area contributed by atoms with Gasteiger partial charge in [0.05, 0.1) is 11.9 Å². The number of nitrogens with zero attached hydrogens (tertiary/aromatic N) is 2. The first-order chi connectivity index (χ1) is 8.15. The molecule has 0 radical (unpaired) electrons. The van der Waals surface area contributed by atoms with Gasteiger partial charge in [0.2, 0.25) is 0 Å². The summed E-state index contributed by atoms with van der Waals surface area (Å²) in [5.74, 6) is 0.680. The van der Waals surface area contributed by atoms with Crippen LogP contribution < -0.4 is 10.2 Å². The van der Waals surface area contributed by atoms with E-state index in [1.807, 2.05) is 13.1 Å². The molecule has 1 aliphatic rings. The van der Waals surface area contributed by atoms with Gasteiger partial charge in [0.1, 0.15) is 0 Å². The number of hydrogen-bond donors (Lipinski definition) is 1. The quantitative estimate of drug-likeness (QED) is 0.806. The van der Waals surface area contributed by atoms with E-state index in [4.69, 9.17) is 0 Å². The van der Waals surface area contributed by atoms with Gasteiger partial charge in [0.25, 0.3) is 0 Å². The highest BCUT2D eigenvalue weighted by molar-refractivity contribution is 5.44. The third kappa shape index (κ3) is 3.43. The van der Waals surface area contributed by atoms with Crippen molar-refractivity contribution in [2.75, 3.05) is 24.5 Å². The third-order valence-electron chi connectivity index (χ3n) is 3.44. The van der Waals surface area contributed by atoms with Crippen LogP contribution in [-0.2, 0) is 0 Å². The zero-order chi connectivity index (χ0) is 12.3. The Morgan fingerprint density at radius 3 is 2.88 bits per heavy atom. The van der Waals surface area contributed by atoms with E-state index in [2.05, 4.69) is 41.2 Å². The largest absolute Gasteiger partial charge is 0.370 e. The number of aromatic nitrogens is 1. The zero-order valence-electron chi connectivity index (χ0n) is 11.1. The average molecular weight is 233 g/mol.